The Morgan fingerprint density at radius 2 is 2.18 bits per heavy atom. The predicted molar refractivity (Wildman–Crippen MR) is 60.8 cm³/mol. The Balaban J connectivity index is 2.79. The molecule has 1 rings (SSSR count). The van der Waals surface area contributed by atoms with Gasteiger partial charge in [-0.1, -0.05) is 18.2 Å². The second-order valence-corrected chi connectivity index (χ2v) is 3.14. The lowest BCUT2D eigenvalue weighted by Gasteiger charge is -2.07. The quantitative estimate of drug-likeness (QED) is 0.804. The summed E-state index contributed by atoms with van der Waals surface area (Å²) >= 11 is 0. The van der Waals surface area contributed by atoms with E-state index in [4.69, 9.17) is 0 Å². The zero-order chi connectivity index (χ0) is 12.7. The zero-order valence-corrected chi connectivity index (χ0v) is 9.32. The average molecular weight is 241 g/mol. The van der Waals surface area contributed by atoms with E-state index in [9.17, 15) is 13.6 Å². The summed E-state index contributed by atoms with van der Waals surface area (Å²) in [6.45, 7) is -0.577. The highest BCUT2D eigenvalue weighted by Crippen LogP contribution is 2.21. The van der Waals surface area contributed by atoms with Gasteiger partial charge in [-0.15, -0.1) is 0 Å². The first-order chi connectivity index (χ1) is 8.13. The number of amides is 1. The van der Waals surface area contributed by atoms with E-state index in [0.29, 0.717) is 12.1 Å². The van der Waals surface area contributed by atoms with Gasteiger partial charge in [0.1, 0.15) is 5.75 Å². The fourth-order valence-corrected chi connectivity index (χ4v) is 1.22. The molecule has 0 atom stereocenters. The molecule has 5 heteroatoms. The number of halogens is 2. The lowest BCUT2D eigenvalue weighted by Crippen LogP contribution is -2.19. The fraction of sp³-hybridized carbons (Fsp3) is 0.250. The lowest BCUT2D eigenvalue weighted by molar-refractivity contribution is -0.116. The van der Waals surface area contributed by atoms with E-state index in [0.717, 1.165) is 0 Å². The van der Waals surface area contributed by atoms with Crippen molar-refractivity contribution in [2.24, 2.45) is 0 Å². The monoisotopic (exact) mass is 241 g/mol. The summed E-state index contributed by atoms with van der Waals surface area (Å²) < 4.78 is 28.5. The van der Waals surface area contributed by atoms with E-state index in [-0.39, 0.29) is 11.7 Å². The number of para-hydroxylation sites is 1. The third-order valence-corrected chi connectivity index (χ3v) is 1.90. The summed E-state index contributed by atoms with van der Waals surface area (Å²) in [6, 6.07) is 6.27. The maximum absolute atomic E-state index is 12.1. The summed E-state index contributed by atoms with van der Waals surface area (Å²) in [4.78, 5) is 11.2. The number of likely N-dealkylation sites (N-methyl/N-ethyl adjacent to an activating group) is 1. The van der Waals surface area contributed by atoms with Crippen LogP contribution in [0.15, 0.2) is 30.3 Å². The van der Waals surface area contributed by atoms with E-state index in [1.807, 2.05) is 0 Å². The standard InChI is InChI=1S/C12H13F2NO2/c1-2-15-11(16)8-7-9-5-3-4-6-10(9)17-12(13)14/h3-8,12H,2H2,1H3,(H,15,16)/b8-7+. The minimum Gasteiger partial charge on any atom is -0.434 e. The maximum Gasteiger partial charge on any atom is 0.387 e. The van der Waals surface area contributed by atoms with Crippen LogP contribution < -0.4 is 10.1 Å². The van der Waals surface area contributed by atoms with Crippen LogP contribution in [-0.4, -0.2) is 19.1 Å². The molecule has 0 unspecified atom stereocenters. The van der Waals surface area contributed by atoms with Gasteiger partial charge in [0.25, 0.3) is 0 Å². The molecule has 1 aromatic rings. The number of carbonyl (C=O) groups is 1. The third kappa shape index (κ3) is 4.63. The van der Waals surface area contributed by atoms with Crippen LogP contribution in [0.3, 0.4) is 0 Å². The van der Waals surface area contributed by atoms with Crippen LogP contribution in [-0.2, 0) is 4.79 Å². The Morgan fingerprint density at radius 1 is 1.47 bits per heavy atom. The van der Waals surface area contributed by atoms with E-state index >= 15 is 0 Å². The second kappa shape index (κ2) is 6.62. The van der Waals surface area contributed by atoms with Crippen molar-refractivity contribution in [3.8, 4) is 5.75 Å². The molecular weight excluding hydrogens is 228 g/mol. The highest BCUT2D eigenvalue weighted by Gasteiger charge is 2.07. The molecule has 1 amide bonds. The number of rotatable bonds is 5. The van der Waals surface area contributed by atoms with Gasteiger partial charge in [-0.3, -0.25) is 4.79 Å². The number of ether oxygens (including phenoxy) is 1. The molecule has 1 N–H and O–H groups in total. The number of hydrogen-bond donors (Lipinski definition) is 1. The Labute approximate surface area is 98.1 Å². The van der Waals surface area contributed by atoms with E-state index < -0.39 is 6.61 Å². The minimum absolute atomic E-state index is 0.0445. The predicted octanol–water partition coefficient (Wildman–Crippen LogP) is 2.44. The van der Waals surface area contributed by atoms with Crippen molar-refractivity contribution in [3.05, 3.63) is 35.9 Å². The molecule has 0 heterocycles. The molecule has 0 saturated carbocycles. The van der Waals surface area contributed by atoms with Crippen LogP contribution in [0.2, 0.25) is 0 Å². The number of nitrogens with one attached hydrogen (secondary N) is 1. The van der Waals surface area contributed by atoms with Crippen molar-refractivity contribution in [2.75, 3.05) is 6.54 Å². The van der Waals surface area contributed by atoms with Crippen LogP contribution in [0.1, 0.15) is 12.5 Å². The summed E-state index contributed by atoms with van der Waals surface area (Å²) in [5.74, 6) is -0.234. The van der Waals surface area contributed by atoms with Gasteiger partial charge in [0.05, 0.1) is 0 Å². The first kappa shape index (κ1) is 13.2. The largest absolute Gasteiger partial charge is 0.434 e. The molecule has 92 valence electrons. The smallest absolute Gasteiger partial charge is 0.387 e. The molecule has 0 spiro atoms. The molecule has 3 nitrogen and oxygen atoms in total. The van der Waals surface area contributed by atoms with Crippen molar-refractivity contribution in [1.82, 2.24) is 5.32 Å². The van der Waals surface area contributed by atoms with E-state index in [1.165, 1.54) is 18.2 Å². The Morgan fingerprint density at radius 3 is 2.82 bits per heavy atom. The lowest BCUT2D eigenvalue weighted by atomic mass is 10.2. The Hall–Kier alpha value is -1.91. The van der Waals surface area contributed by atoms with Crippen LogP contribution in [0, 0.1) is 0 Å². The van der Waals surface area contributed by atoms with Gasteiger partial charge >= 0.3 is 6.61 Å². The number of hydrogen-bond acceptors (Lipinski definition) is 2. The van der Waals surface area contributed by atoms with Crippen molar-refractivity contribution in [3.63, 3.8) is 0 Å². The van der Waals surface area contributed by atoms with Gasteiger partial charge in [0.15, 0.2) is 0 Å². The molecule has 0 bridgehead atoms. The first-order valence-electron chi connectivity index (χ1n) is 5.13. The van der Waals surface area contributed by atoms with E-state index in [2.05, 4.69) is 10.1 Å². The summed E-state index contributed by atoms with van der Waals surface area (Å²) in [6.07, 6.45) is 2.71. The van der Waals surface area contributed by atoms with Crippen molar-refractivity contribution < 1.29 is 18.3 Å². The summed E-state index contributed by atoms with van der Waals surface area (Å²) in [5.41, 5.74) is 0.430. The van der Waals surface area contributed by atoms with Gasteiger partial charge in [0, 0.05) is 18.2 Å². The van der Waals surface area contributed by atoms with E-state index in [1.54, 1.807) is 25.1 Å². The third-order valence-electron chi connectivity index (χ3n) is 1.90. The molecule has 0 fully saturated rings. The van der Waals surface area contributed by atoms with Gasteiger partial charge in [-0.25, -0.2) is 0 Å². The minimum atomic E-state index is -2.88. The maximum atomic E-state index is 12.1. The van der Waals surface area contributed by atoms with Crippen molar-refractivity contribution in [1.29, 1.82) is 0 Å². The van der Waals surface area contributed by atoms with Crippen molar-refractivity contribution in [2.45, 2.75) is 13.5 Å². The van der Waals surface area contributed by atoms with Gasteiger partial charge in [-0.2, -0.15) is 8.78 Å². The molecule has 0 saturated heterocycles. The van der Waals surface area contributed by atoms with Crippen molar-refractivity contribution >= 4 is 12.0 Å². The van der Waals surface area contributed by atoms with Gasteiger partial charge < -0.3 is 10.1 Å². The van der Waals surface area contributed by atoms with Crippen LogP contribution >= 0.6 is 0 Å². The van der Waals surface area contributed by atoms with Crippen LogP contribution in [0.5, 0.6) is 5.75 Å². The van der Waals surface area contributed by atoms with Gasteiger partial charge in [0.2, 0.25) is 5.91 Å². The van der Waals surface area contributed by atoms with Gasteiger partial charge in [-0.05, 0) is 19.1 Å². The molecule has 17 heavy (non-hydrogen) atoms. The molecule has 1 aromatic carbocycles. The van der Waals surface area contributed by atoms with Crippen LogP contribution in [0.25, 0.3) is 6.08 Å². The summed E-state index contributed by atoms with van der Waals surface area (Å²) in [5, 5.41) is 2.56. The average Bonchev–Trinajstić information content (AvgIpc) is 2.27. The highest BCUT2D eigenvalue weighted by atomic mass is 19.3. The molecular formula is C12H13F2NO2. The molecule has 0 radical (unpaired) electrons. The summed E-state index contributed by atoms with van der Waals surface area (Å²) in [7, 11) is 0. The topological polar surface area (TPSA) is 38.3 Å². The molecule has 0 aliphatic rings. The molecule has 0 aliphatic heterocycles. The first-order valence-corrected chi connectivity index (χ1v) is 5.13. The number of alkyl halides is 2. The molecule has 0 aliphatic carbocycles. The fourth-order valence-electron chi connectivity index (χ4n) is 1.22. The zero-order valence-electron chi connectivity index (χ0n) is 9.32. The highest BCUT2D eigenvalue weighted by molar-refractivity contribution is 5.92. The number of benzene rings is 1. The Kier molecular flexibility index (Phi) is 5.13. The normalized spacial score (nSPS) is 10.8. The van der Waals surface area contributed by atoms with Crippen LogP contribution in [0.4, 0.5) is 8.78 Å². The molecule has 0 aromatic heterocycles. The second-order valence-electron chi connectivity index (χ2n) is 3.14. The Bertz CT molecular complexity index is 405. The SMILES string of the molecule is CCNC(=O)/C=C/c1ccccc1OC(F)F. The number of carbonyl (C=O) groups excluding carboxylic acids is 1.